The first-order valence-electron chi connectivity index (χ1n) is 4.48. The van der Waals surface area contributed by atoms with Crippen LogP contribution in [-0.4, -0.2) is 22.2 Å². The Balaban J connectivity index is 2.19. The number of nitrogens with one attached hydrogen (secondary N) is 1. The highest BCUT2D eigenvalue weighted by Gasteiger charge is 2.05. The molecule has 1 aromatic rings. The van der Waals surface area contributed by atoms with E-state index in [1.807, 2.05) is 12.3 Å². The van der Waals surface area contributed by atoms with E-state index in [1.54, 1.807) is 17.5 Å². The summed E-state index contributed by atoms with van der Waals surface area (Å²) in [4.78, 5) is 4.16. The summed E-state index contributed by atoms with van der Waals surface area (Å²) in [5.41, 5.74) is 0. The average Bonchev–Trinajstić information content (AvgIpc) is 2.51. The van der Waals surface area contributed by atoms with E-state index in [1.165, 1.54) is 0 Å². The van der Waals surface area contributed by atoms with Gasteiger partial charge in [-0.3, -0.25) is 0 Å². The highest BCUT2D eigenvalue weighted by molar-refractivity contribution is 7.09. The Morgan fingerprint density at radius 3 is 2.92 bits per heavy atom. The van der Waals surface area contributed by atoms with E-state index in [9.17, 15) is 0 Å². The first-order chi connectivity index (χ1) is 6.18. The highest BCUT2D eigenvalue weighted by Crippen LogP contribution is 2.04. The van der Waals surface area contributed by atoms with Crippen LogP contribution in [0.5, 0.6) is 0 Å². The van der Waals surface area contributed by atoms with Crippen LogP contribution >= 0.6 is 11.3 Å². The van der Waals surface area contributed by atoms with Gasteiger partial charge in [-0.2, -0.15) is 0 Å². The molecule has 0 amide bonds. The van der Waals surface area contributed by atoms with Crippen LogP contribution in [0, 0.1) is 0 Å². The van der Waals surface area contributed by atoms with E-state index in [0.717, 1.165) is 18.0 Å². The third-order valence-electron chi connectivity index (χ3n) is 1.78. The molecule has 0 spiro atoms. The van der Waals surface area contributed by atoms with Crippen LogP contribution in [-0.2, 0) is 6.54 Å². The molecule has 0 aliphatic carbocycles. The van der Waals surface area contributed by atoms with E-state index in [0.29, 0.717) is 6.04 Å². The molecule has 0 aromatic carbocycles. The number of hydrogen-bond donors (Lipinski definition) is 2. The largest absolute Gasteiger partial charge is 0.393 e. The van der Waals surface area contributed by atoms with E-state index in [2.05, 4.69) is 17.2 Å². The lowest BCUT2D eigenvalue weighted by Crippen LogP contribution is -2.28. The van der Waals surface area contributed by atoms with E-state index < -0.39 is 0 Å². The molecule has 2 atom stereocenters. The van der Waals surface area contributed by atoms with Gasteiger partial charge in [-0.25, -0.2) is 4.98 Å². The number of aliphatic hydroxyl groups excluding tert-OH is 1. The zero-order valence-electron chi connectivity index (χ0n) is 8.03. The summed E-state index contributed by atoms with van der Waals surface area (Å²) < 4.78 is 0. The summed E-state index contributed by atoms with van der Waals surface area (Å²) in [7, 11) is 0. The van der Waals surface area contributed by atoms with Gasteiger partial charge < -0.3 is 10.4 Å². The monoisotopic (exact) mass is 200 g/mol. The molecule has 1 heterocycles. The predicted octanol–water partition coefficient (Wildman–Crippen LogP) is 1.39. The van der Waals surface area contributed by atoms with Crippen LogP contribution in [0.1, 0.15) is 25.3 Å². The molecule has 0 bridgehead atoms. The van der Waals surface area contributed by atoms with Crippen molar-refractivity contribution in [1.82, 2.24) is 10.3 Å². The normalized spacial score (nSPS) is 15.6. The van der Waals surface area contributed by atoms with Gasteiger partial charge in [0, 0.05) is 24.2 Å². The maximum absolute atomic E-state index is 9.13. The molecule has 0 saturated heterocycles. The van der Waals surface area contributed by atoms with Gasteiger partial charge in [-0.1, -0.05) is 0 Å². The molecule has 1 aromatic heterocycles. The van der Waals surface area contributed by atoms with Gasteiger partial charge in [0.1, 0.15) is 5.01 Å². The number of nitrogens with zero attached hydrogens (tertiary/aromatic N) is 1. The molecular weight excluding hydrogens is 184 g/mol. The fourth-order valence-electron chi connectivity index (χ4n) is 1.20. The van der Waals surface area contributed by atoms with Crippen molar-refractivity contribution in [3.8, 4) is 0 Å². The minimum absolute atomic E-state index is 0.237. The second-order valence-corrected chi connectivity index (χ2v) is 4.27. The molecule has 0 fully saturated rings. The maximum atomic E-state index is 9.13. The van der Waals surface area contributed by atoms with Crippen molar-refractivity contribution in [2.24, 2.45) is 0 Å². The van der Waals surface area contributed by atoms with Crippen molar-refractivity contribution >= 4 is 11.3 Å². The summed E-state index contributed by atoms with van der Waals surface area (Å²) in [5, 5.41) is 15.5. The van der Waals surface area contributed by atoms with E-state index in [-0.39, 0.29) is 6.10 Å². The van der Waals surface area contributed by atoms with Gasteiger partial charge in [-0.15, -0.1) is 11.3 Å². The molecule has 2 N–H and O–H groups in total. The third-order valence-corrected chi connectivity index (χ3v) is 2.56. The Morgan fingerprint density at radius 2 is 2.38 bits per heavy atom. The summed E-state index contributed by atoms with van der Waals surface area (Å²) in [6.45, 7) is 4.67. The lowest BCUT2D eigenvalue weighted by Gasteiger charge is -2.13. The molecule has 4 heteroatoms. The molecule has 1 rings (SSSR count). The van der Waals surface area contributed by atoms with Crippen LogP contribution < -0.4 is 5.32 Å². The summed E-state index contributed by atoms with van der Waals surface area (Å²) in [5.74, 6) is 0. The Morgan fingerprint density at radius 1 is 1.62 bits per heavy atom. The van der Waals surface area contributed by atoms with Crippen molar-refractivity contribution in [3.05, 3.63) is 16.6 Å². The maximum Gasteiger partial charge on any atom is 0.106 e. The highest BCUT2D eigenvalue weighted by atomic mass is 32.1. The van der Waals surface area contributed by atoms with Gasteiger partial charge in [0.25, 0.3) is 0 Å². The van der Waals surface area contributed by atoms with Crippen LogP contribution in [0.4, 0.5) is 0 Å². The lowest BCUT2D eigenvalue weighted by atomic mass is 10.1. The molecular formula is C9H16N2OS. The summed E-state index contributed by atoms with van der Waals surface area (Å²) in [6, 6.07) is 0.337. The van der Waals surface area contributed by atoms with Crippen molar-refractivity contribution < 1.29 is 5.11 Å². The number of aliphatic hydroxyl groups is 1. The summed E-state index contributed by atoms with van der Waals surface area (Å²) >= 11 is 1.65. The second-order valence-electron chi connectivity index (χ2n) is 3.29. The number of thiazole rings is 1. The molecule has 0 aliphatic rings. The average molecular weight is 200 g/mol. The third kappa shape index (κ3) is 4.36. The smallest absolute Gasteiger partial charge is 0.106 e. The second kappa shape index (κ2) is 5.32. The van der Waals surface area contributed by atoms with Crippen molar-refractivity contribution in [2.45, 2.75) is 39.0 Å². The van der Waals surface area contributed by atoms with Gasteiger partial charge in [0.05, 0.1) is 6.10 Å². The van der Waals surface area contributed by atoms with Gasteiger partial charge in [-0.05, 0) is 20.3 Å². The van der Waals surface area contributed by atoms with Crippen molar-refractivity contribution in [3.63, 3.8) is 0 Å². The zero-order chi connectivity index (χ0) is 9.68. The standard InChI is InChI=1S/C9H16N2OS/c1-7(5-8(2)12)11-6-9-10-3-4-13-9/h3-4,7-8,11-12H,5-6H2,1-2H3. The Bertz CT molecular complexity index is 224. The van der Waals surface area contributed by atoms with Gasteiger partial charge in [0.15, 0.2) is 0 Å². The molecule has 0 aliphatic heterocycles. The number of rotatable bonds is 5. The van der Waals surface area contributed by atoms with E-state index in [4.69, 9.17) is 5.11 Å². The quantitative estimate of drug-likeness (QED) is 0.755. The van der Waals surface area contributed by atoms with Crippen molar-refractivity contribution in [2.75, 3.05) is 0 Å². The Hall–Kier alpha value is -0.450. The zero-order valence-corrected chi connectivity index (χ0v) is 8.84. The SMILES string of the molecule is CC(O)CC(C)NCc1nccs1. The molecule has 0 saturated carbocycles. The van der Waals surface area contributed by atoms with Crippen LogP contribution in [0.15, 0.2) is 11.6 Å². The Labute approximate surface area is 82.8 Å². The number of aromatic nitrogens is 1. The fourth-order valence-corrected chi connectivity index (χ4v) is 1.76. The fraction of sp³-hybridized carbons (Fsp3) is 0.667. The Kier molecular flexibility index (Phi) is 4.35. The topological polar surface area (TPSA) is 45.1 Å². The first-order valence-corrected chi connectivity index (χ1v) is 5.36. The van der Waals surface area contributed by atoms with Gasteiger partial charge >= 0.3 is 0 Å². The molecule has 3 nitrogen and oxygen atoms in total. The van der Waals surface area contributed by atoms with Gasteiger partial charge in [0.2, 0.25) is 0 Å². The summed E-state index contributed by atoms with van der Waals surface area (Å²) in [6.07, 6.45) is 2.35. The minimum Gasteiger partial charge on any atom is -0.393 e. The lowest BCUT2D eigenvalue weighted by molar-refractivity contribution is 0.170. The molecule has 2 unspecified atom stereocenters. The van der Waals surface area contributed by atoms with Crippen molar-refractivity contribution in [1.29, 1.82) is 0 Å². The molecule has 0 radical (unpaired) electrons. The van der Waals surface area contributed by atoms with Crippen LogP contribution in [0.25, 0.3) is 0 Å². The minimum atomic E-state index is -0.237. The van der Waals surface area contributed by atoms with Crippen LogP contribution in [0.3, 0.4) is 0 Å². The van der Waals surface area contributed by atoms with Crippen LogP contribution in [0.2, 0.25) is 0 Å². The predicted molar refractivity (Wildman–Crippen MR) is 54.7 cm³/mol. The molecule has 13 heavy (non-hydrogen) atoms. The van der Waals surface area contributed by atoms with E-state index >= 15 is 0 Å². The number of hydrogen-bond acceptors (Lipinski definition) is 4. The molecule has 74 valence electrons. The first kappa shape index (κ1) is 10.6.